The third kappa shape index (κ3) is 5.16. The molecule has 0 heterocycles. The molecular weight excluding hydrogens is 337 g/mol. The van der Waals surface area contributed by atoms with Crippen LogP contribution >= 0.6 is 23.2 Å². The first-order valence-corrected chi connectivity index (χ1v) is 7.57. The molecule has 120 valence electrons. The average molecular weight is 352 g/mol. The number of hydrogen-bond acceptors (Lipinski definition) is 2. The Morgan fingerprint density at radius 2 is 1.78 bits per heavy atom. The molecule has 2 rings (SSSR count). The molecule has 0 fully saturated rings. The van der Waals surface area contributed by atoms with Gasteiger partial charge in [0.15, 0.2) is 0 Å². The number of carbonyl (C=O) groups excluding carboxylic acids is 2. The van der Waals surface area contributed by atoms with E-state index in [1.165, 1.54) is 6.07 Å². The Hall–Kier alpha value is -2.24. The molecule has 1 atom stereocenters. The lowest BCUT2D eigenvalue weighted by atomic mass is 10.1. The summed E-state index contributed by atoms with van der Waals surface area (Å²) in [6, 6.07) is 12.5. The van der Waals surface area contributed by atoms with Gasteiger partial charge in [0, 0.05) is 11.4 Å². The monoisotopic (exact) mass is 351 g/mol. The molecule has 0 aliphatic rings. The van der Waals surface area contributed by atoms with Gasteiger partial charge in [0.05, 0.1) is 10.7 Å². The van der Waals surface area contributed by atoms with Crippen LogP contribution in [0.2, 0.25) is 10.0 Å². The first kappa shape index (κ1) is 17.1. The molecule has 7 heteroatoms. The van der Waals surface area contributed by atoms with Crippen molar-refractivity contribution in [2.75, 3.05) is 5.32 Å². The summed E-state index contributed by atoms with van der Waals surface area (Å²) < 4.78 is 0. The number of rotatable bonds is 5. The number of anilines is 1. The van der Waals surface area contributed by atoms with Gasteiger partial charge >= 0.3 is 6.03 Å². The van der Waals surface area contributed by atoms with E-state index in [0.29, 0.717) is 22.2 Å². The summed E-state index contributed by atoms with van der Waals surface area (Å²) in [5, 5.41) is 5.85. The van der Waals surface area contributed by atoms with Gasteiger partial charge in [-0.2, -0.15) is 0 Å². The highest BCUT2D eigenvalue weighted by Crippen LogP contribution is 2.25. The zero-order chi connectivity index (χ0) is 16.8. The molecule has 0 saturated carbocycles. The van der Waals surface area contributed by atoms with Gasteiger partial charge in [0.1, 0.15) is 6.04 Å². The van der Waals surface area contributed by atoms with Gasteiger partial charge in [-0.1, -0.05) is 53.5 Å². The zero-order valence-electron chi connectivity index (χ0n) is 12.1. The highest BCUT2D eigenvalue weighted by atomic mass is 35.5. The Labute approximate surface area is 143 Å². The van der Waals surface area contributed by atoms with E-state index in [4.69, 9.17) is 28.9 Å². The van der Waals surface area contributed by atoms with Crippen LogP contribution in [0.1, 0.15) is 5.56 Å². The minimum absolute atomic E-state index is 0.298. The van der Waals surface area contributed by atoms with E-state index in [1.54, 1.807) is 12.1 Å². The van der Waals surface area contributed by atoms with Crippen LogP contribution in [0.5, 0.6) is 0 Å². The summed E-state index contributed by atoms with van der Waals surface area (Å²) in [4.78, 5) is 23.6. The van der Waals surface area contributed by atoms with Crippen LogP contribution < -0.4 is 16.4 Å². The van der Waals surface area contributed by atoms with Crippen LogP contribution in [-0.4, -0.2) is 18.0 Å². The van der Waals surface area contributed by atoms with E-state index >= 15 is 0 Å². The van der Waals surface area contributed by atoms with Crippen molar-refractivity contribution < 1.29 is 9.59 Å². The van der Waals surface area contributed by atoms with Gasteiger partial charge in [0.2, 0.25) is 5.91 Å². The molecule has 0 radical (unpaired) electrons. The summed E-state index contributed by atoms with van der Waals surface area (Å²) in [5.41, 5.74) is 6.58. The molecule has 4 N–H and O–H groups in total. The zero-order valence-corrected chi connectivity index (χ0v) is 13.6. The number of carbonyl (C=O) groups is 2. The van der Waals surface area contributed by atoms with Crippen molar-refractivity contribution in [3.05, 3.63) is 64.1 Å². The summed E-state index contributed by atoms with van der Waals surface area (Å²) in [7, 11) is 0. The lowest BCUT2D eigenvalue weighted by Crippen LogP contribution is -2.47. The molecule has 2 aromatic carbocycles. The second-order valence-corrected chi connectivity index (χ2v) is 5.71. The third-order valence-electron chi connectivity index (χ3n) is 3.11. The smallest absolute Gasteiger partial charge is 0.319 e. The van der Waals surface area contributed by atoms with Crippen LogP contribution in [0.4, 0.5) is 10.5 Å². The molecule has 3 amide bonds. The summed E-state index contributed by atoms with van der Waals surface area (Å²) in [6.45, 7) is 0. The number of halogens is 2. The quantitative estimate of drug-likeness (QED) is 0.772. The van der Waals surface area contributed by atoms with Gasteiger partial charge in [-0.15, -0.1) is 0 Å². The second-order valence-electron chi connectivity index (χ2n) is 4.87. The van der Waals surface area contributed by atoms with E-state index in [9.17, 15) is 9.59 Å². The van der Waals surface area contributed by atoms with Crippen LogP contribution in [0, 0.1) is 0 Å². The molecule has 0 bridgehead atoms. The SMILES string of the molecule is NC(=O)C(Cc1ccccc1)NC(=O)Nc1cc(Cl)ccc1Cl. The minimum Gasteiger partial charge on any atom is -0.368 e. The Kier molecular flexibility index (Phi) is 5.84. The minimum atomic E-state index is -0.838. The average Bonchev–Trinajstić information content (AvgIpc) is 2.51. The lowest BCUT2D eigenvalue weighted by molar-refractivity contribution is -0.119. The first-order valence-electron chi connectivity index (χ1n) is 6.81. The third-order valence-corrected chi connectivity index (χ3v) is 3.67. The first-order chi connectivity index (χ1) is 11.0. The van der Waals surface area contributed by atoms with Gasteiger partial charge in [-0.05, 0) is 23.8 Å². The van der Waals surface area contributed by atoms with Crippen molar-refractivity contribution in [3.63, 3.8) is 0 Å². The molecule has 0 aliphatic carbocycles. The topological polar surface area (TPSA) is 84.2 Å². The maximum absolute atomic E-state index is 12.0. The summed E-state index contributed by atoms with van der Waals surface area (Å²) in [5.74, 6) is -0.624. The molecule has 5 nitrogen and oxygen atoms in total. The molecule has 0 aromatic heterocycles. The lowest BCUT2D eigenvalue weighted by Gasteiger charge is -2.16. The van der Waals surface area contributed by atoms with Crippen LogP contribution in [0.3, 0.4) is 0 Å². The number of nitrogens with two attached hydrogens (primary N) is 1. The van der Waals surface area contributed by atoms with Crippen molar-refractivity contribution in [1.82, 2.24) is 5.32 Å². The Morgan fingerprint density at radius 1 is 1.09 bits per heavy atom. The predicted molar refractivity (Wildman–Crippen MR) is 91.7 cm³/mol. The van der Waals surface area contributed by atoms with E-state index < -0.39 is 18.0 Å². The molecule has 2 aromatic rings. The second kappa shape index (κ2) is 7.85. The largest absolute Gasteiger partial charge is 0.368 e. The van der Waals surface area contributed by atoms with E-state index in [2.05, 4.69) is 10.6 Å². The van der Waals surface area contributed by atoms with E-state index in [0.717, 1.165) is 5.56 Å². The van der Waals surface area contributed by atoms with Crippen molar-refractivity contribution in [3.8, 4) is 0 Å². The van der Waals surface area contributed by atoms with Crippen molar-refractivity contribution >= 4 is 40.8 Å². The summed E-state index contributed by atoms with van der Waals surface area (Å²) >= 11 is 11.8. The molecule has 0 saturated heterocycles. The number of benzene rings is 2. The van der Waals surface area contributed by atoms with Crippen molar-refractivity contribution in [2.24, 2.45) is 5.73 Å². The van der Waals surface area contributed by atoms with Gasteiger partial charge in [-0.25, -0.2) is 4.79 Å². The maximum atomic E-state index is 12.0. The molecule has 23 heavy (non-hydrogen) atoms. The fourth-order valence-corrected chi connectivity index (χ4v) is 2.32. The standard InChI is InChI=1S/C16H15Cl2N3O2/c17-11-6-7-12(18)13(9-11)20-16(23)21-14(15(19)22)8-10-4-2-1-3-5-10/h1-7,9,14H,8H2,(H2,19,22)(H2,20,21,23). The number of nitrogens with one attached hydrogen (secondary N) is 2. The summed E-state index contributed by atoms with van der Waals surface area (Å²) in [6.07, 6.45) is 0.298. The number of hydrogen-bond donors (Lipinski definition) is 3. The van der Waals surface area contributed by atoms with E-state index in [-0.39, 0.29) is 0 Å². The van der Waals surface area contributed by atoms with Crippen LogP contribution in [-0.2, 0) is 11.2 Å². The van der Waals surface area contributed by atoms with Crippen molar-refractivity contribution in [2.45, 2.75) is 12.5 Å². The Morgan fingerprint density at radius 3 is 2.43 bits per heavy atom. The normalized spacial score (nSPS) is 11.6. The van der Waals surface area contributed by atoms with E-state index in [1.807, 2.05) is 30.3 Å². The molecular formula is C16H15Cl2N3O2. The van der Waals surface area contributed by atoms with Gasteiger partial charge < -0.3 is 16.4 Å². The van der Waals surface area contributed by atoms with Crippen molar-refractivity contribution in [1.29, 1.82) is 0 Å². The fraction of sp³-hybridized carbons (Fsp3) is 0.125. The predicted octanol–water partition coefficient (Wildman–Crippen LogP) is 3.21. The number of urea groups is 1. The molecule has 1 unspecified atom stereocenters. The van der Waals surface area contributed by atoms with Gasteiger partial charge in [0.25, 0.3) is 0 Å². The number of primary amides is 1. The fourth-order valence-electron chi connectivity index (χ4n) is 1.98. The van der Waals surface area contributed by atoms with Crippen LogP contribution in [0.15, 0.2) is 48.5 Å². The molecule has 0 aliphatic heterocycles. The molecule has 0 spiro atoms. The van der Waals surface area contributed by atoms with Crippen LogP contribution in [0.25, 0.3) is 0 Å². The maximum Gasteiger partial charge on any atom is 0.319 e. The highest BCUT2D eigenvalue weighted by molar-refractivity contribution is 6.35. The Balaban J connectivity index is 2.03. The Bertz CT molecular complexity index is 708. The van der Waals surface area contributed by atoms with Gasteiger partial charge in [-0.3, -0.25) is 4.79 Å². The highest BCUT2D eigenvalue weighted by Gasteiger charge is 2.19. The number of amides is 3.